The molecule has 1 aromatic carbocycles. The largest absolute Gasteiger partial charge is 0.356 e. The van der Waals surface area contributed by atoms with Crippen LogP contribution < -0.4 is 10.6 Å². The Morgan fingerprint density at radius 3 is 2.67 bits per heavy atom. The number of guanidine groups is 1. The Labute approximate surface area is 147 Å². The fraction of sp³-hybridized carbons (Fsp3) is 0.333. The van der Waals surface area contributed by atoms with Crippen molar-refractivity contribution in [1.82, 2.24) is 15.6 Å². The quantitative estimate of drug-likeness (QED) is 0.446. The molecule has 2 aromatic rings. The van der Waals surface area contributed by atoms with E-state index in [2.05, 4.69) is 45.0 Å². The van der Waals surface area contributed by atoms with Gasteiger partial charge in [-0.1, -0.05) is 37.3 Å². The first-order valence-electron chi connectivity index (χ1n) is 6.77. The Bertz CT molecular complexity index is 554. The molecule has 0 radical (unpaired) electrons. The van der Waals surface area contributed by atoms with Crippen LogP contribution >= 0.6 is 35.3 Å². The van der Waals surface area contributed by atoms with Gasteiger partial charge in [-0.2, -0.15) is 0 Å². The predicted octanol–water partition coefficient (Wildman–Crippen LogP) is 3.50. The number of hydrogen-bond acceptors (Lipinski definition) is 3. The maximum absolute atomic E-state index is 4.64. The molecule has 4 nitrogen and oxygen atoms in total. The van der Waals surface area contributed by atoms with Gasteiger partial charge < -0.3 is 10.6 Å². The van der Waals surface area contributed by atoms with Crippen molar-refractivity contribution in [3.8, 4) is 10.6 Å². The Morgan fingerprint density at radius 1 is 1.24 bits per heavy atom. The van der Waals surface area contributed by atoms with Gasteiger partial charge in [0.1, 0.15) is 5.01 Å². The van der Waals surface area contributed by atoms with E-state index in [1.807, 2.05) is 18.2 Å². The number of hydrogen-bond donors (Lipinski definition) is 2. The van der Waals surface area contributed by atoms with Crippen LogP contribution in [0.15, 0.2) is 40.7 Å². The summed E-state index contributed by atoms with van der Waals surface area (Å²) in [6.07, 6.45) is 1.08. The molecule has 1 aromatic heterocycles. The second-order valence-corrected chi connectivity index (χ2v) is 5.22. The lowest BCUT2D eigenvalue weighted by atomic mass is 10.2. The topological polar surface area (TPSA) is 49.3 Å². The highest BCUT2D eigenvalue weighted by atomic mass is 127. The van der Waals surface area contributed by atoms with Crippen molar-refractivity contribution >= 4 is 41.3 Å². The molecule has 21 heavy (non-hydrogen) atoms. The third kappa shape index (κ3) is 5.62. The lowest BCUT2D eigenvalue weighted by molar-refractivity contribution is 0.775. The summed E-state index contributed by atoms with van der Waals surface area (Å²) in [6.45, 7) is 3.74. The van der Waals surface area contributed by atoms with E-state index in [-0.39, 0.29) is 24.0 Å². The minimum absolute atomic E-state index is 0. The van der Waals surface area contributed by atoms with E-state index in [4.69, 9.17) is 0 Å². The van der Waals surface area contributed by atoms with Crippen LogP contribution in [0.2, 0.25) is 0 Å². The Hall–Kier alpha value is -1.15. The van der Waals surface area contributed by atoms with Crippen LogP contribution in [-0.4, -0.2) is 24.5 Å². The number of halogens is 1. The second-order valence-electron chi connectivity index (χ2n) is 4.36. The van der Waals surface area contributed by atoms with Crippen molar-refractivity contribution in [2.24, 2.45) is 4.99 Å². The minimum atomic E-state index is 0. The average molecular weight is 416 g/mol. The summed E-state index contributed by atoms with van der Waals surface area (Å²) in [5.74, 6) is 0.820. The minimum Gasteiger partial charge on any atom is -0.356 e. The fourth-order valence-corrected chi connectivity index (χ4v) is 2.57. The van der Waals surface area contributed by atoms with E-state index in [1.54, 1.807) is 18.4 Å². The molecule has 0 fully saturated rings. The number of benzene rings is 1. The molecule has 0 amide bonds. The molecule has 6 heteroatoms. The van der Waals surface area contributed by atoms with Gasteiger partial charge in [-0.05, 0) is 6.42 Å². The Balaban J connectivity index is 0.00000220. The van der Waals surface area contributed by atoms with Crippen molar-refractivity contribution in [2.75, 3.05) is 13.6 Å². The van der Waals surface area contributed by atoms with Gasteiger partial charge in [0.25, 0.3) is 0 Å². The van der Waals surface area contributed by atoms with Gasteiger partial charge in [-0.15, -0.1) is 35.3 Å². The number of aromatic nitrogens is 1. The number of rotatable bonds is 5. The number of aliphatic imine (C=N–C) groups is 1. The first-order valence-corrected chi connectivity index (χ1v) is 7.65. The van der Waals surface area contributed by atoms with Gasteiger partial charge in [0, 0.05) is 24.5 Å². The number of thiazole rings is 1. The zero-order valence-corrected chi connectivity index (χ0v) is 15.4. The standard InChI is InChI=1S/C15H20N4S.HI/c1-3-9-17-15(16-2)18-10-13-11-20-14(19-13)12-7-5-4-6-8-12;/h4-8,11H,3,9-10H2,1-2H3,(H2,16,17,18);1H. The molecule has 2 N–H and O–H groups in total. The Morgan fingerprint density at radius 2 is 2.00 bits per heavy atom. The van der Waals surface area contributed by atoms with E-state index in [0.717, 1.165) is 35.2 Å². The van der Waals surface area contributed by atoms with Crippen LogP contribution in [0.4, 0.5) is 0 Å². The van der Waals surface area contributed by atoms with Crippen LogP contribution in [0.3, 0.4) is 0 Å². The summed E-state index contributed by atoms with van der Waals surface area (Å²) in [6, 6.07) is 10.2. The highest BCUT2D eigenvalue weighted by Crippen LogP contribution is 2.22. The van der Waals surface area contributed by atoms with E-state index in [9.17, 15) is 0 Å². The van der Waals surface area contributed by atoms with Gasteiger partial charge in [-0.25, -0.2) is 4.98 Å². The lowest BCUT2D eigenvalue weighted by Crippen LogP contribution is -2.37. The fourth-order valence-electron chi connectivity index (χ4n) is 1.74. The van der Waals surface area contributed by atoms with Gasteiger partial charge in [0.15, 0.2) is 5.96 Å². The van der Waals surface area contributed by atoms with Crippen molar-refractivity contribution in [3.63, 3.8) is 0 Å². The molecule has 0 aliphatic heterocycles. The summed E-state index contributed by atoms with van der Waals surface area (Å²) in [5.41, 5.74) is 2.20. The highest BCUT2D eigenvalue weighted by molar-refractivity contribution is 14.0. The first kappa shape index (κ1) is 17.9. The molecular formula is C15H21IN4S. The molecule has 0 unspecified atom stereocenters. The first-order chi connectivity index (χ1) is 9.83. The van der Waals surface area contributed by atoms with Crippen LogP contribution in [0.5, 0.6) is 0 Å². The van der Waals surface area contributed by atoms with Crippen molar-refractivity contribution in [2.45, 2.75) is 19.9 Å². The molecule has 0 saturated carbocycles. The number of nitrogens with zero attached hydrogens (tertiary/aromatic N) is 2. The Kier molecular flexibility index (Phi) is 8.29. The van der Waals surface area contributed by atoms with Crippen LogP contribution in [0, 0.1) is 0 Å². The van der Waals surface area contributed by atoms with Crippen molar-refractivity contribution in [1.29, 1.82) is 0 Å². The molecule has 1 heterocycles. The normalized spacial score (nSPS) is 10.9. The SMILES string of the molecule is CCCNC(=NC)NCc1csc(-c2ccccc2)n1.I. The monoisotopic (exact) mass is 416 g/mol. The van der Waals surface area contributed by atoms with E-state index in [1.165, 1.54) is 0 Å². The summed E-state index contributed by atoms with van der Waals surface area (Å²) in [5, 5.41) is 9.65. The maximum Gasteiger partial charge on any atom is 0.191 e. The summed E-state index contributed by atoms with van der Waals surface area (Å²) < 4.78 is 0. The maximum atomic E-state index is 4.64. The molecule has 0 atom stereocenters. The predicted molar refractivity (Wildman–Crippen MR) is 101 cm³/mol. The zero-order valence-electron chi connectivity index (χ0n) is 12.3. The average Bonchev–Trinajstić information content (AvgIpc) is 2.97. The second kappa shape index (κ2) is 9.73. The molecule has 0 spiro atoms. The molecular weight excluding hydrogens is 395 g/mol. The molecule has 0 aliphatic rings. The van der Waals surface area contributed by atoms with Crippen LogP contribution in [0.25, 0.3) is 10.6 Å². The van der Waals surface area contributed by atoms with E-state index >= 15 is 0 Å². The summed E-state index contributed by atoms with van der Waals surface area (Å²) in [7, 11) is 1.78. The molecule has 0 aliphatic carbocycles. The van der Waals surface area contributed by atoms with Crippen molar-refractivity contribution in [3.05, 3.63) is 41.4 Å². The zero-order chi connectivity index (χ0) is 14.2. The number of nitrogens with one attached hydrogen (secondary N) is 2. The summed E-state index contributed by atoms with van der Waals surface area (Å²) in [4.78, 5) is 8.82. The molecule has 114 valence electrons. The van der Waals surface area contributed by atoms with E-state index in [0.29, 0.717) is 6.54 Å². The lowest BCUT2D eigenvalue weighted by Gasteiger charge is -2.09. The van der Waals surface area contributed by atoms with Gasteiger partial charge in [0.05, 0.1) is 12.2 Å². The van der Waals surface area contributed by atoms with Gasteiger partial charge >= 0.3 is 0 Å². The third-order valence-corrected chi connectivity index (χ3v) is 3.72. The van der Waals surface area contributed by atoms with Crippen molar-refractivity contribution < 1.29 is 0 Å². The smallest absolute Gasteiger partial charge is 0.191 e. The van der Waals surface area contributed by atoms with Gasteiger partial charge in [-0.3, -0.25) is 4.99 Å². The van der Waals surface area contributed by atoms with Gasteiger partial charge in [0.2, 0.25) is 0 Å². The third-order valence-electron chi connectivity index (χ3n) is 2.78. The molecule has 0 saturated heterocycles. The highest BCUT2D eigenvalue weighted by Gasteiger charge is 2.04. The van der Waals surface area contributed by atoms with E-state index < -0.39 is 0 Å². The molecule has 0 bridgehead atoms. The summed E-state index contributed by atoms with van der Waals surface area (Å²) >= 11 is 1.67. The van der Waals surface area contributed by atoms with Crippen LogP contribution in [0.1, 0.15) is 19.0 Å². The molecule has 2 rings (SSSR count). The van der Waals surface area contributed by atoms with Crippen LogP contribution in [-0.2, 0) is 6.54 Å².